The number of benzene rings is 2. The fraction of sp³-hybridized carbons (Fsp3) is 0.303. The summed E-state index contributed by atoms with van der Waals surface area (Å²) >= 11 is 0. The van der Waals surface area contributed by atoms with Gasteiger partial charge in [0.05, 0.1) is 35.3 Å². The quantitative estimate of drug-likeness (QED) is 0.266. The van der Waals surface area contributed by atoms with Gasteiger partial charge in [-0.3, -0.25) is 14.5 Å². The minimum atomic E-state index is -4.64. The van der Waals surface area contributed by atoms with E-state index < -0.39 is 23.5 Å². The van der Waals surface area contributed by atoms with Gasteiger partial charge in [0.25, 0.3) is 5.91 Å². The van der Waals surface area contributed by atoms with Crippen molar-refractivity contribution >= 4 is 28.8 Å². The highest BCUT2D eigenvalue weighted by Crippen LogP contribution is 2.34. The van der Waals surface area contributed by atoms with Crippen LogP contribution in [-0.2, 0) is 13.2 Å². The first kappa shape index (κ1) is 32.3. The Morgan fingerprint density at radius 3 is 2.59 bits per heavy atom. The molecule has 0 aliphatic carbocycles. The van der Waals surface area contributed by atoms with E-state index >= 15 is 4.39 Å². The van der Waals surface area contributed by atoms with Crippen LogP contribution in [0.5, 0.6) is 0 Å². The van der Waals surface area contributed by atoms with Gasteiger partial charge in [0.2, 0.25) is 0 Å². The summed E-state index contributed by atoms with van der Waals surface area (Å²) in [5.74, 6) is 5.26. The molecule has 0 saturated heterocycles. The molecule has 0 radical (unpaired) electrons. The second kappa shape index (κ2) is 13.1. The van der Waals surface area contributed by atoms with Gasteiger partial charge < -0.3 is 25.3 Å². The van der Waals surface area contributed by atoms with Crippen LogP contribution in [0.1, 0.15) is 27.0 Å². The minimum Gasteiger partial charge on any atom is -0.373 e. The van der Waals surface area contributed by atoms with Gasteiger partial charge in [-0.25, -0.2) is 4.39 Å². The molecule has 3 aromatic rings. The molecule has 1 atom stereocenters. The summed E-state index contributed by atoms with van der Waals surface area (Å²) in [5.41, 5.74) is 1.44. The molecule has 5 rings (SSSR count). The van der Waals surface area contributed by atoms with E-state index in [4.69, 9.17) is 0 Å². The summed E-state index contributed by atoms with van der Waals surface area (Å²) < 4.78 is 58.0. The van der Waals surface area contributed by atoms with Crippen molar-refractivity contribution in [2.45, 2.75) is 19.1 Å². The van der Waals surface area contributed by atoms with Crippen LogP contribution in [0.15, 0.2) is 71.8 Å². The third-order valence-corrected chi connectivity index (χ3v) is 7.49. The molecule has 1 amide bonds. The molecule has 2 aliphatic rings. The number of aryl methyl sites for hydroxylation is 2. The predicted molar refractivity (Wildman–Crippen MR) is 171 cm³/mol. The fourth-order valence-electron chi connectivity index (χ4n) is 4.94. The number of nitrogens with zero attached hydrogens (tertiary/aromatic N) is 6. The van der Waals surface area contributed by atoms with Crippen LogP contribution >= 0.6 is 0 Å². The fourth-order valence-corrected chi connectivity index (χ4v) is 4.94. The number of hydrogen-bond acceptors (Lipinski definition) is 7. The summed E-state index contributed by atoms with van der Waals surface area (Å²) in [5, 5.41) is 9.94. The smallest absolute Gasteiger partial charge is 0.373 e. The van der Waals surface area contributed by atoms with Gasteiger partial charge in [0.1, 0.15) is 11.9 Å². The zero-order valence-electron chi connectivity index (χ0n) is 26.1. The Hall–Kier alpha value is -5.09. The van der Waals surface area contributed by atoms with Crippen molar-refractivity contribution in [1.29, 1.82) is 0 Å². The highest BCUT2D eigenvalue weighted by atomic mass is 19.4. The Labute approximate surface area is 264 Å². The highest BCUT2D eigenvalue weighted by molar-refractivity contribution is 6.05. The van der Waals surface area contributed by atoms with E-state index in [9.17, 15) is 18.0 Å². The zero-order valence-corrected chi connectivity index (χ0v) is 26.1. The highest BCUT2D eigenvalue weighted by Gasteiger charge is 2.32. The first-order chi connectivity index (χ1) is 21.8. The minimum absolute atomic E-state index is 0.101. The van der Waals surface area contributed by atoms with Crippen molar-refractivity contribution in [2.75, 3.05) is 56.3 Å². The average Bonchev–Trinajstić information content (AvgIpc) is 3.60. The maximum Gasteiger partial charge on any atom is 0.416 e. The van der Waals surface area contributed by atoms with Crippen LogP contribution in [0.3, 0.4) is 0 Å². The number of anilines is 3. The lowest BCUT2D eigenvalue weighted by atomic mass is 10.0. The molecule has 240 valence electrons. The largest absolute Gasteiger partial charge is 0.416 e. The zero-order chi connectivity index (χ0) is 33.2. The Bertz CT molecular complexity index is 1790. The van der Waals surface area contributed by atoms with Crippen molar-refractivity contribution in [2.24, 2.45) is 12.0 Å². The van der Waals surface area contributed by atoms with Crippen LogP contribution in [0.2, 0.25) is 0 Å². The van der Waals surface area contributed by atoms with E-state index in [0.29, 0.717) is 30.8 Å². The summed E-state index contributed by atoms with van der Waals surface area (Å²) in [6.07, 6.45) is 4.56. The Morgan fingerprint density at radius 1 is 1.11 bits per heavy atom. The van der Waals surface area contributed by atoms with Crippen LogP contribution in [0.25, 0.3) is 0 Å². The molecule has 1 aromatic heterocycles. The third kappa shape index (κ3) is 7.40. The average molecular weight is 635 g/mol. The number of allylic oxidation sites excluding steroid dienone is 2. The Morgan fingerprint density at radius 2 is 1.89 bits per heavy atom. The molecular formula is C33H34F4N8O. The van der Waals surface area contributed by atoms with Crippen molar-refractivity contribution in [3.8, 4) is 11.8 Å². The Kier molecular flexibility index (Phi) is 9.20. The molecule has 0 bridgehead atoms. The van der Waals surface area contributed by atoms with E-state index in [-0.39, 0.29) is 23.0 Å². The normalized spacial score (nSPS) is 15.6. The second-order valence-electron chi connectivity index (χ2n) is 11.4. The lowest BCUT2D eigenvalue weighted by Gasteiger charge is -2.24. The molecule has 13 heteroatoms. The molecule has 46 heavy (non-hydrogen) atoms. The number of amides is 1. The summed E-state index contributed by atoms with van der Waals surface area (Å²) in [6.45, 7) is 3.13. The number of halogens is 4. The van der Waals surface area contributed by atoms with Gasteiger partial charge >= 0.3 is 6.18 Å². The summed E-state index contributed by atoms with van der Waals surface area (Å²) in [6, 6.07) is 5.51. The summed E-state index contributed by atoms with van der Waals surface area (Å²) in [4.78, 5) is 23.4. The number of rotatable bonds is 8. The number of alkyl halides is 3. The van der Waals surface area contributed by atoms with Crippen molar-refractivity contribution < 1.29 is 22.4 Å². The standard InChI is InChI=1S/C33H34F4N8O/c1-21-13-29(34)28(32(46)41-24-15-23(33(35,36)37)16-27(17-24)43(4)12-11-42(2)3)14-22(21)8-9-26-19-38-31-30(7-6-10-45(26)31)40-25-18-39-44(5)20-25/h6-7,10,13-18,20,26,40H,11-12,19H2,1-5H3,(H,41,46). The van der Waals surface area contributed by atoms with Crippen molar-refractivity contribution in [3.63, 3.8) is 0 Å². The maximum atomic E-state index is 15.1. The van der Waals surface area contributed by atoms with Gasteiger partial charge in [0, 0.05) is 56.5 Å². The van der Waals surface area contributed by atoms with Gasteiger partial charge in [-0.15, -0.1) is 0 Å². The molecule has 2 aromatic carbocycles. The van der Waals surface area contributed by atoms with E-state index in [0.717, 1.165) is 29.4 Å². The van der Waals surface area contributed by atoms with E-state index in [1.165, 1.54) is 18.2 Å². The molecule has 2 N–H and O–H groups in total. The number of nitrogens with one attached hydrogen (secondary N) is 2. The number of hydrogen-bond donors (Lipinski definition) is 2. The van der Waals surface area contributed by atoms with E-state index in [1.807, 2.05) is 55.5 Å². The van der Waals surface area contributed by atoms with Gasteiger partial charge in [0.15, 0.2) is 5.84 Å². The van der Waals surface area contributed by atoms with Gasteiger partial charge in [-0.05, 0) is 69.1 Å². The lowest BCUT2D eigenvalue weighted by molar-refractivity contribution is -0.137. The molecule has 9 nitrogen and oxygen atoms in total. The first-order valence-electron chi connectivity index (χ1n) is 14.5. The lowest BCUT2D eigenvalue weighted by Crippen LogP contribution is -2.34. The number of aliphatic imine (C=N–C) groups is 1. The van der Waals surface area contributed by atoms with E-state index in [2.05, 4.69) is 32.6 Å². The molecule has 3 heterocycles. The number of aromatic nitrogens is 2. The van der Waals surface area contributed by atoms with Crippen LogP contribution in [0, 0.1) is 24.6 Å². The molecule has 2 aliphatic heterocycles. The van der Waals surface area contributed by atoms with Gasteiger partial charge in [-0.2, -0.15) is 18.3 Å². The topological polar surface area (TPSA) is 81.0 Å². The number of carbonyl (C=O) groups excluding carboxylic acids is 1. The van der Waals surface area contributed by atoms with Gasteiger partial charge in [-0.1, -0.05) is 11.8 Å². The van der Waals surface area contributed by atoms with Crippen LogP contribution in [0.4, 0.5) is 34.6 Å². The second-order valence-corrected chi connectivity index (χ2v) is 11.4. The molecule has 0 fully saturated rings. The van der Waals surface area contributed by atoms with Crippen LogP contribution < -0.4 is 15.5 Å². The monoisotopic (exact) mass is 634 g/mol. The molecule has 0 spiro atoms. The summed E-state index contributed by atoms with van der Waals surface area (Å²) in [7, 11) is 7.22. The van der Waals surface area contributed by atoms with Crippen molar-refractivity contribution in [3.05, 3.63) is 94.8 Å². The third-order valence-electron chi connectivity index (χ3n) is 7.49. The number of amidine groups is 1. The predicted octanol–water partition coefficient (Wildman–Crippen LogP) is 5.09. The van der Waals surface area contributed by atoms with Crippen molar-refractivity contribution in [1.82, 2.24) is 19.6 Å². The molecular weight excluding hydrogens is 600 g/mol. The maximum absolute atomic E-state index is 15.1. The number of carbonyl (C=O) groups is 1. The number of likely N-dealkylation sites (N-methyl/N-ethyl adjacent to an activating group) is 2. The van der Waals surface area contributed by atoms with E-state index in [1.54, 1.807) is 29.7 Å². The number of fused-ring (bicyclic) bond motifs is 1. The SMILES string of the molecule is Cc1cc(F)c(C(=O)Nc2cc(N(C)CCN(C)C)cc(C(F)(F)F)c2)cc1C#CC1CN=C2C(Nc3cnn(C)c3)=CC=CN21. The Balaban J connectivity index is 1.34. The van der Waals surface area contributed by atoms with Crippen LogP contribution in [-0.4, -0.2) is 78.1 Å². The first-order valence-corrected chi connectivity index (χ1v) is 14.5. The molecule has 0 saturated carbocycles. The molecule has 1 unspecified atom stereocenters.